The SMILES string of the molecule is C=CCNC(=O)C(C)S(=O)(=O)CCCC(=O)Nc1c(C)cc(C)cc1C. The molecule has 0 fully saturated rings. The molecule has 0 bridgehead atoms. The third kappa shape index (κ3) is 6.29. The van der Waals surface area contributed by atoms with E-state index in [1.54, 1.807) is 0 Å². The summed E-state index contributed by atoms with van der Waals surface area (Å²) in [5.41, 5.74) is 3.82. The predicted octanol–water partition coefficient (Wildman–Crippen LogP) is 2.44. The van der Waals surface area contributed by atoms with Crippen molar-refractivity contribution in [1.82, 2.24) is 5.32 Å². The van der Waals surface area contributed by atoms with Crippen LogP contribution in [0.3, 0.4) is 0 Å². The lowest BCUT2D eigenvalue weighted by atomic mass is 10.0. The molecule has 6 nitrogen and oxygen atoms in total. The molecule has 1 atom stereocenters. The Morgan fingerprint density at radius 1 is 1.19 bits per heavy atom. The fourth-order valence-corrected chi connectivity index (χ4v) is 3.98. The Bertz CT molecular complexity index is 762. The summed E-state index contributed by atoms with van der Waals surface area (Å²) in [6.45, 7) is 10.9. The fourth-order valence-electron chi connectivity index (χ4n) is 2.67. The fraction of sp³-hybridized carbons (Fsp3) is 0.474. The number of carbonyl (C=O) groups excluding carboxylic acids is 2. The molecule has 0 spiro atoms. The first-order chi connectivity index (χ1) is 12.1. The van der Waals surface area contributed by atoms with E-state index in [1.807, 2.05) is 32.9 Å². The van der Waals surface area contributed by atoms with Crippen LogP contribution in [0.25, 0.3) is 0 Å². The van der Waals surface area contributed by atoms with Crippen molar-refractivity contribution in [3.8, 4) is 0 Å². The lowest BCUT2D eigenvalue weighted by Crippen LogP contribution is -2.39. The topological polar surface area (TPSA) is 92.3 Å². The lowest BCUT2D eigenvalue weighted by molar-refractivity contribution is -0.120. The third-order valence-corrected chi connectivity index (χ3v) is 6.25. The van der Waals surface area contributed by atoms with Crippen LogP contribution in [-0.2, 0) is 19.4 Å². The van der Waals surface area contributed by atoms with E-state index in [9.17, 15) is 18.0 Å². The molecule has 0 aromatic heterocycles. The highest BCUT2D eigenvalue weighted by Crippen LogP contribution is 2.22. The number of carbonyl (C=O) groups is 2. The first kappa shape index (κ1) is 21.9. The zero-order chi connectivity index (χ0) is 19.9. The van der Waals surface area contributed by atoms with Gasteiger partial charge in [-0.3, -0.25) is 9.59 Å². The van der Waals surface area contributed by atoms with Gasteiger partial charge in [0.15, 0.2) is 9.84 Å². The van der Waals surface area contributed by atoms with Crippen molar-refractivity contribution >= 4 is 27.3 Å². The van der Waals surface area contributed by atoms with Crippen LogP contribution in [-0.4, -0.2) is 37.8 Å². The molecule has 144 valence electrons. The number of hydrogen-bond acceptors (Lipinski definition) is 4. The Morgan fingerprint density at radius 3 is 2.31 bits per heavy atom. The second kappa shape index (κ2) is 9.52. The average Bonchev–Trinajstić information content (AvgIpc) is 2.55. The molecule has 1 aromatic rings. The summed E-state index contributed by atoms with van der Waals surface area (Å²) in [6, 6.07) is 3.97. The van der Waals surface area contributed by atoms with Crippen LogP contribution in [0.4, 0.5) is 5.69 Å². The molecule has 0 radical (unpaired) electrons. The monoisotopic (exact) mass is 380 g/mol. The van der Waals surface area contributed by atoms with Crippen LogP contribution in [0.2, 0.25) is 0 Å². The van der Waals surface area contributed by atoms with Crippen molar-refractivity contribution in [2.24, 2.45) is 0 Å². The van der Waals surface area contributed by atoms with E-state index >= 15 is 0 Å². The highest BCUT2D eigenvalue weighted by Gasteiger charge is 2.27. The average molecular weight is 381 g/mol. The second-order valence-corrected chi connectivity index (χ2v) is 8.91. The summed E-state index contributed by atoms with van der Waals surface area (Å²) in [5.74, 6) is -1.01. The van der Waals surface area contributed by atoms with E-state index in [2.05, 4.69) is 17.2 Å². The smallest absolute Gasteiger partial charge is 0.238 e. The maximum Gasteiger partial charge on any atom is 0.238 e. The summed E-state index contributed by atoms with van der Waals surface area (Å²) >= 11 is 0. The van der Waals surface area contributed by atoms with Crippen LogP contribution in [0.15, 0.2) is 24.8 Å². The van der Waals surface area contributed by atoms with Crippen LogP contribution < -0.4 is 10.6 Å². The Kier molecular flexibility index (Phi) is 8.02. The number of rotatable bonds is 9. The zero-order valence-electron chi connectivity index (χ0n) is 15.9. The minimum atomic E-state index is -3.61. The van der Waals surface area contributed by atoms with Gasteiger partial charge in [-0.15, -0.1) is 6.58 Å². The second-order valence-electron chi connectivity index (χ2n) is 6.47. The van der Waals surface area contributed by atoms with Crippen molar-refractivity contribution in [1.29, 1.82) is 0 Å². The van der Waals surface area contributed by atoms with E-state index < -0.39 is 21.0 Å². The number of sulfone groups is 1. The summed E-state index contributed by atoms with van der Waals surface area (Å²) in [4.78, 5) is 23.9. The summed E-state index contributed by atoms with van der Waals surface area (Å²) in [5, 5.41) is 4.17. The Morgan fingerprint density at radius 2 is 1.77 bits per heavy atom. The van der Waals surface area contributed by atoms with Crippen LogP contribution in [0.1, 0.15) is 36.5 Å². The van der Waals surface area contributed by atoms with Crippen molar-refractivity contribution in [3.63, 3.8) is 0 Å². The molecule has 1 rings (SSSR count). The highest BCUT2D eigenvalue weighted by atomic mass is 32.2. The molecule has 0 saturated heterocycles. The summed E-state index contributed by atoms with van der Waals surface area (Å²) in [6.07, 6.45) is 1.72. The number of amides is 2. The van der Waals surface area contributed by atoms with E-state index in [0.717, 1.165) is 22.4 Å². The van der Waals surface area contributed by atoms with Crippen LogP contribution >= 0.6 is 0 Å². The highest BCUT2D eigenvalue weighted by molar-refractivity contribution is 7.92. The first-order valence-corrected chi connectivity index (χ1v) is 10.3. The molecule has 1 unspecified atom stereocenters. The molecule has 0 heterocycles. The lowest BCUT2D eigenvalue weighted by Gasteiger charge is -2.14. The number of hydrogen-bond donors (Lipinski definition) is 2. The van der Waals surface area contributed by atoms with E-state index in [-0.39, 0.29) is 31.0 Å². The van der Waals surface area contributed by atoms with Crippen molar-refractivity contribution in [3.05, 3.63) is 41.5 Å². The Labute approximate surface area is 156 Å². The van der Waals surface area contributed by atoms with Gasteiger partial charge in [0.1, 0.15) is 5.25 Å². The maximum atomic E-state index is 12.2. The molecule has 26 heavy (non-hydrogen) atoms. The van der Waals surface area contributed by atoms with Gasteiger partial charge >= 0.3 is 0 Å². The van der Waals surface area contributed by atoms with Gasteiger partial charge in [-0.2, -0.15) is 0 Å². The number of nitrogens with one attached hydrogen (secondary N) is 2. The minimum absolute atomic E-state index is 0.0764. The number of anilines is 1. The summed E-state index contributed by atoms with van der Waals surface area (Å²) in [7, 11) is -3.61. The van der Waals surface area contributed by atoms with Gasteiger partial charge in [0.25, 0.3) is 0 Å². The van der Waals surface area contributed by atoms with Crippen molar-refractivity contribution < 1.29 is 18.0 Å². The molecule has 0 aliphatic heterocycles. The van der Waals surface area contributed by atoms with Gasteiger partial charge < -0.3 is 10.6 Å². The van der Waals surface area contributed by atoms with Gasteiger partial charge in [-0.25, -0.2) is 8.42 Å². The van der Waals surface area contributed by atoms with Crippen molar-refractivity contribution in [2.45, 2.75) is 45.8 Å². The Balaban J connectivity index is 2.58. The molecule has 1 aromatic carbocycles. The number of aryl methyl sites for hydroxylation is 3. The Hall–Kier alpha value is -2.15. The quantitative estimate of drug-likeness (QED) is 0.644. The zero-order valence-corrected chi connectivity index (χ0v) is 16.7. The molecule has 0 aliphatic rings. The van der Waals surface area contributed by atoms with Crippen LogP contribution in [0, 0.1) is 20.8 Å². The maximum absolute atomic E-state index is 12.2. The minimum Gasteiger partial charge on any atom is -0.352 e. The van der Waals surface area contributed by atoms with Gasteiger partial charge in [0, 0.05) is 18.7 Å². The van der Waals surface area contributed by atoms with E-state index in [4.69, 9.17) is 0 Å². The molecular formula is C19H28N2O4S. The van der Waals surface area contributed by atoms with E-state index in [1.165, 1.54) is 13.0 Å². The van der Waals surface area contributed by atoms with Crippen LogP contribution in [0.5, 0.6) is 0 Å². The van der Waals surface area contributed by atoms with Gasteiger partial charge in [-0.1, -0.05) is 23.8 Å². The molecule has 0 aliphatic carbocycles. The number of benzene rings is 1. The van der Waals surface area contributed by atoms with Crippen molar-refractivity contribution in [2.75, 3.05) is 17.6 Å². The largest absolute Gasteiger partial charge is 0.352 e. The van der Waals surface area contributed by atoms with Gasteiger partial charge in [0.05, 0.1) is 5.75 Å². The standard InChI is InChI=1S/C19H28N2O4S/c1-6-9-20-19(23)16(5)26(24,25)10-7-8-17(22)21-18-14(3)11-13(2)12-15(18)4/h6,11-12,16H,1,7-10H2,2-5H3,(H,20,23)(H,21,22). The normalized spacial score (nSPS) is 12.3. The third-order valence-electron chi connectivity index (χ3n) is 4.10. The first-order valence-electron chi connectivity index (χ1n) is 8.56. The molecule has 0 saturated carbocycles. The molecule has 2 amide bonds. The van der Waals surface area contributed by atoms with Gasteiger partial charge in [0.2, 0.25) is 11.8 Å². The van der Waals surface area contributed by atoms with Gasteiger partial charge in [-0.05, 0) is 45.2 Å². The molecular weight excluding hydrogens is 352 g/mol. The summed E-state index contributed by atoms with van der Waals surface area (Å²) < 4.78 is 24.4. The molecule has 2 N–H and O–H groups in total. The molecule has 7 heteroatoms. The van der Waals surface area contributed by atoms with E-state index in [0.29, 0.717) is 0 Å². The predicted molar refractivity (Wildman–Crippen MR) is 105 cm³/mol.